The largest absolute Gasteiger partial charge is 0.481 e. The van der Waals surface area contributed by atoms with E-state index in [9.17, 15) is 4.79 Å². The van der Waals surface area contributed by atoms with Crippen LogP contribution in [0.4, 0.5) is 5.13 Å². The molecule has 5 heteroatoms. The lowest BCUT2D eigenvalue weighted by Crippen LogP contribution is -2.30. The molecule has 1 aromatic heterocycles. The maximum Gasteiger partial charge on any atom is 0.266 e. The van der Waals surface area contributed by atoms with Gasteiger partial charge >= 0.3 is 0 Å². The minimum atomic E-state index is -0.587. The summed E-state index contributed by atoms with van der Waals surface area (Å²) in [6.45, 7) is 3.85. The molecule has 1 N–H and O–H groups in total. The van der Waals surface area contributed by atoms with Crippen LogP contribution in [-0.4, -0.2) is 17.0 Å². The number of para-hydroxylation sites is 1. The van der Waals surface area contributed by atoms with E-state index in [1.165, 1.54) is 16.9 Å². The molecule has 0 fully saturated rings. The molecule has 23 heavy (non-hydrogen) atoms. The molecule has 1 heterocycles. The summed E-state index contributed by atoms with van der Waals surface area (Å²) in [6, 6.07) is 15.5. The Morgan fingerprint density at radius 1 is 1.26 bits per heavy atom. The van der Waals surface area contributed by atoms with Crippen molar-refractivity contribution in [2.75, 3.05) is 5.32 Å². The third-order valence-electron chi connectivity index (χ3n) is 3.52. The Hall–Kier alpha value is -2.40. The number of hydrogen-bond acceptors (Lipinski definition) is 4. The Bertz CT molecular complexity index is 814. The first kappa shape index (κ1) is 15.5. The smallest absolute Gasteiger partial charge is 0.266 e. The summed E-state index contributed by atoms with van der Waals surface area (Å²) in [7, 11) is 0. The molecule has 0 aliphatic rings. The number of hydrogen-bond donors (Lipinski definition) is 1. The van der Waals surface area contributed by atoms with Crippen molar-refractivity contribution in [3.63, 3.8) is 0 Å². The number of aromatic nitrogens is 1. The highest BCUT2D eigenvalue weighted by atomic mass is 32.1. The third-order valence-corrected chi connectivity index (χ3v) is 4.45. The SMILES string of the molecule is CCc1ccc2nc(NC(=O)[C@H](C)Oc3ccccc3)sc2c1. The third kappa shape index (κ3) is 3.68. The quantitative estimate of drug-likeness (QED) is 0.762. The second-order valence-electron chi connectivity index (χ2n) is 5.24. The number of carbonyl (C=O) groups excluding carboxylic acids is 1. The first-order valence-electron chi connectivity index (χ1n) is 7.57. The molecule has 1 atom stereocenters. The van der Waals surface area contributed by atoms with Gasteiger partial charge in [-0.05, 0) is 43.2 Å². The zero-order chi connectivity index (χ0) is 16.2. The van der Waals surface area contributed by atoms with E-state index >= 15 is 0 Å². The number of nitrogens with zero attached hydrogens (tertiary/aromatic N) is 1. The highest BCUT2D eigenvalue weighted by Crippen LogP contribution is 2.27. The molecule has 0 radical (unpaired) electrons. The zero-order valence-corrected chi connectivity index (χ0v) is 13.9. The van der Waals surface area contributed by atoms with E-state index in [0.29, 0.717) is 10.9 Å². The van der Waals surface area contributed by atoms with Crippen LogP contribution in [0.25, 0.3) is 10.2 Å². The number of fused-ring (bicyclic) bond motifs is 1. The average Bonchev–Trinajstić information content (AvgIpc) is 2.96. The van der Waals surface area contributed by atoms with E-state index in [2.05, 4.69) is 29.4 Å². The van der Waals surface area contributed by atoms with Gasteiger partial charge < -0.3 is 4.74 Å². The molecule has 4 nitrogen and oxygen atoms in total. The van der Waals surface area contributed by atoms with Crippen LogP contribution in [0.1, 0.15) is 19.4 Å². The predicted octanol–water partition coefficient (Wildman–Crippen LogP) is 4.26. The van der Waals surface area contributed by atoms with E-state index in [4.69, 9.17) is 4.74 Å². The molecule has 0 bridgehead atoms. The summed E-state index contributed by atoms with van der Waals surface area (Å²) in [5, 5.41) is 3.43. The van der Waals surface area contributed by atoms with Gasteiger partial charge in [0.25, 0.3) is 5.91 Å². The minimum Gasteiger partial charge on any atom is -0.481 e. The molecule has 0 saturated carbocycles. The Balaban J connectivity index is 1.69. The first-order valence-corrected chi connectivity index (χ1v) is 8.39. The van der Waals surface area contributed by atoms with Crippen molar-refractivity contribution in [3.8, 4) is 5.75 Å². The number of carbonyl (C=O) groups is 1. The van der Waals surface area contributed by atoms with Crippen LogP contribution in [0.5, 0.6) is 5.75 Å². The predicted molar refractivity (Wildman–Crippen MR) is 94.2 cm³/mol. The maximum absolute atomic E-state index is 12.2. The van der Waals surface area contributed by atoms with Gasteiger partial charge in [-0.25, -0.2) is 4.98 Å². The fraction of sp³-hybridized carbons (Fsp3) is 0.222. The van der Waals surface area contributed by atoms with Crippen molar-refractivity contribution < 1.29 is 9.53 Å². The number of anilines is 1. The van der Waals surface area contributed by atoms with Crippen molar-refractivity contribution in [1.29, 1.82) is 0 Å². The average molecular weight is 326 g/mol. The van der Waals surface area contributed by atoms with Crippen molar-refractivity contribution >= 4 is 32.6 Å². The fourth-order valence-corrected chi connectivity index (χ4v) is 3.14. The Labute approximate surface area is 139 Å². The monoisotopic (exact) mass is 326 g/mol. The molecule has 0 aliphatic heterocycles. The van der Waals surface area contributed by atoms with E-state index in [1.807, 2.05) is 36.4 Å². The van der Waals surface area contributed by atoms with Crippen molar-refractivity contribution in [2.24, 2.45) is 0 Å². The van der Waals surface area contributed by atoms with Gasteiger partial charge in [0, 0.05) is 0 Å². The molecule has 0 saturated heterocycles. The van der Waals surface area contributed by atoms with Crippen molar-refractivity contribution in [2.45, 2.75) is 26.4 Å². The highest BCUT2D eigenvalue weighted by molar-refractivity contribution is 7.22. The number of ether oxygens (including phenoxy) is 1. The summed E-state index contributed by atoms with van der Waals surface area (Å²) in [6.07, 6.45) is 0.396. The van der Waals surface area contributed by atoms with Crippen LogP contribution in [0, 0.1) is 0 Å². The topological polar surface area (TPSA) is 51.2 Å². The van der Waals surface area contributed by atoms with Gasteiger partial charge in [-0.3, -0.25) is 10.1 Å². The van der Waals surface area contributed by atoms with Gasteiger partial charge in [0.05, 0.1) is 10.2 Å². The zero-order valence-electron chi connectivity index (χ0n) is 13.1. The molecule has 0 aliphatic carbocycles. The van der Waals surface area contributed by atoms with Crippen LogP contribution < -0.4 is 10.1 Å². The number of benzene rings is 2. The summed E-state index contributed by atoms with van der Waals surface area (Å²) in [4.78, 5) is 16.7. The van der Waals surface area contributed by atoms with Crippen LogP contribution in [0.15, 0.2) is 48.5 Å². The standard InChI is InChI=1S/C18H18N2O2S/c1-3-13-9-10-15-16(11-13)23-18(19-15)20-17(21)12(2)22-14-7-5-4-6-8-14/h4-12H,3H2,1-2H3,(H,19,20,21)/t12-/m0/s1. The Kier molecular flexibility index (Phi) is 4.57. The van der Waals surface area contributed by atoms with Crippen LogP contribution in [0.2, 0.25) is 0 Å². The molecule has 118 valence electrons. The molecule has 3 aromatic rings. The fourth-order valence-electron chi connectivity index (χ4n) is 2.21. The number of nitrogens with one attached hydrogen (secondary N) is 1. The van der Waals surface area contributed by atoms with Gasteiger partial charge in [0.1, 0.15) is 5.75 Å². The van der Waals surface area contributed by atoms with Gasteiger partial charge in [0.15, 0.2) is 11.2 Å². The summed E-state index contributed by atoms with van der Waals surface area (Å²) in [5.74, 6) is 0.468. The second-order valence-corrected chi connectivity index (χ2v) is 6.27. The molecule has 3 rings (SSSR count). The van der Waals surface area contributed by atoms with Crippen LogP contribution in [-0.2, 0) is 11.2 Å². The lowest BCUT2D eigenvalue weighted by atomic mass is 10.2. The molecule has 0 spiro atoms. The summed E-state index contributed by atoms with van der Waals surface area (Å²) < 4.78 is 6.70. The second kappa shape index (κ2) is 6.79. The number of thiazole rings is 1. The van der Waals surface area contributed by atoms with Gasteiger partial charge in [-0.1, -0.05) is 42.5 Å². The summed E-state index contributed by atoms with van der Waals surface area (Å²) >= 11 is 1.48. The van der Waals surface area contributed by atoms with Crippen LogP contribution in [0.3, 0.4) is 0 Å². The van der Waals surface area contributed by atoms with E-state index in [1.54, 1.807) is 6.92 Å². The molecule has 2 aromatic carbocycles. The van der Waals surface area contributed by atoms with Gasteiger partial charge in [0.2, 0.25) is 0 Å². The molecular weight excluding hydrogens is 308 g/mol. The van der Waals surface area contributed by atoms with Crippen molar-refractivity contribution in [1.82, 2.24) is 4.98 Å². The number of amides is 1. The maximum atomic E-state index is 12.2. The van der Waals surface area contributed by atoms with E-state index < -0.39 is 6.10 Å². The normalized spacial score (nSPS) is 12.1. The molecule has 1 amide bonds. The van der Waals surface area contributed by atoms with E-state index in [0.717, 1.165) is 16.6 Å². The molecular formula is C18H18N2O2S. The Morgan fingerprint density at radius 2 is 2.04 bits per heavy atom. The van der Waals surface area contributed by atoms with Gasteiger partial charge in [-0.2, -0.15) is 0 Å². The van der Waals surface area contributed by atoms with E-state index in [-0.39, 0.29) is 5.91 Å². The minimum absolute atomic E-state index is 0.205. The van der Waals surface area contributed by atoms with Gasteiger partial charge in [-0.15, -0.1) is 0 Å². The van der Waals surface area contributed by atoms with Crippen LogP contribution >= 0.6 is 11.3 Å². The molecule has 0 unspecified atom stereocenters. The number of rotatable bonds is 5. The highest BCUT2D eigenvalue weighted by Gasteiger charge is 2.16. The Morgan fingerprint density at radius 3 is 2.78 bits per heavy atom. The number of aryl methyl sites for hydroxylation is 1. The summed E-state index contributed by atoms with van der Waals surface area (Å²) in [5.41, 5.74) is 2.17. The first-order chi connectivity index (χ1) is 11.2. The van der Waals surface area contributed by atoms with Crippen molar-refractivity contribution in [3.05, 3.63) is 54.1 Å². The lowest BCUT2D eigenvalue weighted by Gasteiger charge is -2.13. The lowest BCUT2D eigenvalue weighted by molar-refractivity contribution is -0.122.